The van der Waals surface area contributed by atoms with Gasteiger partial charge in [-0.05, 0) is 48.8 Å². The van der Waals surface area contributed by atoms with Crippen LogP contribution in [0.25, 0.3) is 11.0 Å². The number of hydrogen-bond donors (Lipinski definition) is 0. The van der Waals surface area contributed by atoms with Gasteiger partial charge in [0, 0.05) is 39.3 Å². The smallest absolute Gasteiger partial charge is 0.394 e. The quantitative estimate of drug-likeness (QED) is 0.421. The van der Waals surface area contributed by atoms with Crippen molar-refractivity contribution in [2.24, 2.45) is 5.92 Å². The lowest BCUT2D eigenvalue weighted by Crippen LogP contribution is -2.40. The molecule has 0 bridgehead atoms. The number of hydrogen-bond acceptors (Lipinski definition) is 7. The van der Waals surface area contributed by atoms with Crippen molar-refractivity contribution in [3.63, 3.8) is 0 Å². The standard InChI is InChI=1S/C25H31F2N5O2S/c1-25(26,27)34-20-5-3-19(4-6-20)22-16-33-14-13-32(22)24-21-9-10-30(23(21)28-17-29-24)15-18-7-11-31(35-2)12-8-18/h3-6,9-10,17-18,22H,7-8,11-16H2,1-2H3/t22-/m1/s1. The van der Waals surface area contributed by atoms with E-state index in [0.29, 0.717) is 25.7 Å². The lowest BCUT2D eigenvalue weighted by atomic mass is 9.98. The fourth-order valence-corrected chi connectivity index (χ4v) is 5.59. The molecule has 3 aromatic rings. The lowest BCUT2D eigenvalue weighted by Gasteiger charge is -2.37. The van der Waals surface area contributed by atoms with Crippen LogP contribution in [0.2, 0.25) is 0 Å². The van der Waals surface area contributed by atoms with Crippen molar-refractivity contribution in [3.8, 4) is 5.75 Å². The number of piperidine rings is 1. The Morgan fingerprint density at radius 1 is 1.11 bits per heavy atom. The molecule has 2 aromatic heterocycles. The second-order valence-corrected chi connectivity index (χ2v) is 10.1. The summed E-state index contributed by atoms with van der Waals surface area (Å²) < 4.78 is 41.6. The Morgan fingerprint density at radius 3 is 2.60 bits per heavy atom. The molecule has 1 atom stereocenters. The van der Waals surface area contributed by atoms with Crippen LogP contribution in [0.15, 0.2) is 42.9 Å². The molecule has 2 fully saturated rings. The van der Waals surface area contributed by atoms with E-state index in [2.05, 4.69) is 47.0 Å². The zero-order chi connectivity index (χ0) is 24.4. The van der Waals surface area contributed by atoms with Gasteiger partial charge in [-0.25, -0.2) is 9.97 Å². The van der Waals surface area contributed by atoms with Crippen molar-refractivity contribution < 1.29 is 18.3 Å². The molecule has 5 rings (SSSR count). The highest BCUT2D eigenvalue weighted by Crippen LogP contribution is 2.34. The minimum atomic E-state index is -3.22. The summed E-state index contributed by atoms with van der Waals surface area (Å²) in [7, 11) is 0. The number of rotatable bonds is 7. The summed E-state index contributed by atoms with van der Waals surface area (Å²) in [5, 5.41) is 1.02. The Hall–Kier alpha value is -2.43. The lowest BCUT2D eigenvalue weighted by molar-refractivity contribution is -0.158. The van der Waals surface area contributed by atoms with Crippen molar-refractivity contribution >= 4 is 28.8 Å². The van der Waals surface area contributed by atoms with E-state index in [1.54, 1.807) is 18.5 Å². The molecule has 2 saturated heterocycles. The molecule has 0 saturated carbocycles. The first-order chi connectivity index (χ1) is 16.9. The topological polar surface area (TPSA) is 55.7 Å². The summed E-state index contributed by atoms with van der Waals surface area (Å²) in [6.45, 7) is 5.71. The third-order valence-corrected chi connectivity index (χ3v) is 7.67. The molecule has 1 aromatic carbocycles. The van der Waals surface area contributed by atoms with Crippen molar-refractivity contribution in [2.45, 2.75) is 38.5 Å². The average molecular weight is 504 g/mol. The zero-order valence-electron chi connectivity index (χ0n) is 20.1. The maximum absolute atomic E-state index is 13.2. The molecule has 2 aliphatic rings. The number of anilines is 1. The fourth-order valence-electron chi connectivity index (χ4n) is 5.02. The molecular weight excluding hydrogens is 472 g/mol. The monoisotopic (exact) mass is 503 g/mol. The average Bonchev–Trinajstić information content (AvgIpc) is 3.27. The molecule has 0 radical (unpaired) electrons. The Morgan fingerprint density at radius 2 is 1.89 bits per heavy atom. The first kappa shape index (κ1) is 24.3. The van der Waals surface area contributed by atoms with Crippen LogP contribution in [0.1, 0.15) is 31.4 Å². The van der Waals surface area contributed by atoms with Gasteiger partial charge in [0.25, 0.3) is 0 Å². The first-order valence-electron chi connectivity index (χ1n) is 12.0. The SMILES string of the molecule is CSN1CCC(Cn2ccc3c(N4CCOC[C@@H]4c4ccc(OC(C)(F)F)cc4)ncnc32)CC1. The van der Waals surface area contributed by atoms with Gasteiger partial charge in [0.15, 0.2) is 0 Å². The molecule has 188 valence electrons. The van der Waals surface area contributed by atoms with Crippen LogP contribution in [0.5, 0.6) is 5.75 Å². The third-order valence-electron chi connectivity index (χ3n) is 6.78. The largest absolute Gasteiger partial charge is 0.433 e. The fraction of sp³-hybridized carbons (Fsp3) is 0.520. The second-order valence-electron chi connectivity index (χ2n) is 9.22. The normalized spacial score (nSPS) is 20.5. The van der Waals surface area contributed by atoms with Crippen LogP contribution in [0.3, 0.4) is 0 Å². The van der Waals surface area contributed by atoms with Crippen LogP contribution in [-0.2, 0) is 11.3 Å². The molecule has 35 heavy (non-hydrogen) atoms. The molecule has 2 aliphatic heterocycles. The van der Waals surface area contributed by atoms with E-state index in [1.165, 1.54) is 12.8 Å². The number of halogens is 2. The summed E-state index contributed by atoms with van der Waals surface area (Å²) in [4.78, 5) is 11.5. The zero-order valence-corrected chi connectivity index (χ0v) is 20.9. The second kappa shape index (κ2) is 10.3. The maximum Gasteiger partial charge on any atom is 0.394 e. The summed E-state index contributed by atoms with van der Waals surface area (Å²) in [6, 6.07) is 8.81. The summed E-state index contributed by atoms with van der Waals surface area (Å²) in [5.41, 5.74) is 1.91. The van der Waals surface area contributed by atoms with Gasteiger partial charge in [-0.3, -0.25) is 4.31 Å². The van der Waals surface area contributed by atoms with E-state index in [0.717, 1.165) is 49.0 Å². The van der Waals surface area contributed by atoms with Crippen LogP contribution < -0.4 is 9.64 Å². The summed E-state index contributed by atoms with van der Waals surface area (Å²) >= 11 is 1.83. The van der Waals surface area contributed by atoms with Crippen LogP contribution in [-0.4, -0.2) is 64.1 Å². The number of benzene rings is 1. The van der Waals surface area contributed by atoms with Gasteiger partial charge < -0.3 is 18.9 Å². The van der Waals surface area contributed by atoms with E-state index < -0.39 is 6.11 Å². The first-order valence-corrected chi connectivity index (χ1v) is 13.2. The Kier molecular flexibility index (Phi) is 7.13. The molecule has 4 heterocycles. The van der Waals surface area contributed by atoms with Gasteiger partial charge >= 0.3 is 6.11 Å². The van der Waals surface area contributed by atoms with Gasteiger partial charge in [-0.1, -0.05) is 24.1 Å². The molecular formula is C25H31F2N5O2S. The number of aromatic nitrogens is 3. The molecule has 0 unspecified atom stereocenters. The number of morpholine rings is 1. The van der Waals surface area contributed by atoms with E-state index in [9.17, 15) is 8.78 Å². The number of fused-ring (bicyclic) bond motifs is 1. The van der Waals surface area contributed by atoms with Crippen LogP contribution in [0.4, 0.5) is 14.6 Å². The minimum Gasteiger partial charge on any atom is -0.433 e. The summed E-state index contributed by atoms with van der Waals surface area (Å²) in [6.07, 6.45) is 5.06. The van der Waals surface area contributed by atoms with Gasteiger partial charge in [-0.2, -0.15) is 8.78 Å². The molecule has 0 N–H and O–H groups in total. The van der Waals surface area contributed by atoms with E-state index >= 15 is 0 Å². The van der Waals surface area contributed by atoms with Crippen molar-refractivity contribution in [1.29, 1.82) is 0 Å². The predicted octanol–water partition coefficient (Wildman–Crippen LogP) is 4.99. The highest BCUT2D eigenvalue weighted by atomic mass is 32.2. The highest BCUT2D eigenvalue weighted by Gasteiger charge is 2.29. The van der Waals surface area contributed by atoms with Gasteiger partial charge in [-0.15, -0.1) is 0 Å². The van der Waals surface area contributed by atoms with Crippen LogP contribution >= 0.6 is 11.9 Å². The third kappa shape index (κ3) is 5.54. The van der Waals surface area contributed by atoms with Crippen molar-refractivity contribution in [2.75, 3.05) is 44.0 Å². The van der Waals surface area contributed by atoms with E-state index in [1.807, 2.05) is 24.1 Å². The van der Waals surface area contributed by atoms with Crippen molar-refractivity contribution in [3.05, 3.63) is 48.4 Å². The molecule has 7 nitrogen and oxygen atoms in total. The molecule has 0 spiro atoms. The summed E-state index contributed by atoms with van der Waals surface area (Å²) in [5.74, 6) is 1.65. The van der Waals surface area contributed by atoms with Crippen molar-refractivity contribution in [1.82, 2.24) is 18.8 Å². The van der Waals surface area contributed by atoms with Crippen LogP contribution in [0, 0.1) is 5.92 Å². The van der Waals surface area contributed by atoms with Gasteiger partial charge in [0.05, 0.1) is 24.6 Å². The Balaban J connectivity index is 1.37. The van der Waals surface area contributed by atoms with Gasteiger partial charge in [0.2, 0.25) is 0 Å². The van der Waals surface area contributed by atoms with E-state index in [4.69, 9.17) is 4.74 Å². The highest BCUT2D eigenvalue weighted by molar-refractivity contribution is 7.96. The Bertz CT molecular complexity index is 1130. The van der Waals surface area contributed by atoms with Gasteiger partial charge in [0.1, 0.15) is 23.5 Å². The molecule has 10 heteroatoms. The number of alkyl halides is 2. The molecule has 0 aliphatic carbocycles. The maximum atomic E-state index is 13.2. The number of nitrogens with zero attached hydrogens (tertiary/aromatic N) is 5. The minimum absolute atomic E-state index is 0.0859. The predicted molar refractivity (Wildman–Crippen MR) is 134 cm³/mol. The number of ether oxygens (including phenoxy) is 2. The Labute approximate surface area is 208 Å². The van der Waals surface area contributed by atoms with E-state index in [-0.39, 0.29) is 11.8 Å². The molecule has 0 amide bonds.